The molecular formula is C19H24N4O5. The number of hydrazone groups is 1. The van der Waals surface area contributed by atoms with E-state index in [2.05, 4.69) is 10.5 Å². The first kappa shape index (κ1) is 19.8. The van der Waals surface area contributed by atoms with Crippen LogP contribution in [0.3, 0.4) is 0 Å². The van der Waals surface area contributed by atoms with Crippen LogP contribution in [-0.2, 0) is 25.7 Å². The second kappa shape index (κ2) is 8.83. The van der Waals surface area contributed by atoms with Crippen LogP contribution in [0, 0.1) is 0 Å². The third-order valence-corrected chi connectivity index (χ3v) is 4.83. The molecule has 1 atom stereocenters. The molecule has 3 rings (SSSR count). The number of nitrogens with one attached hydrogen (secondary N) is 1. The average Bonchev–Trinajstić information content (AvgIpc) is 2.87. The summed E-state index contributed by atoms with van der Waals surface area (Å²) in [5.41, 5.74) is 3.54. The highest BCUT2D eigenvalue weighted by atomic mass is 16.5. The molecule has 0 saturated carbocycles. The predicted octanol–water partition coefficient (Wildman–Crippen LogP) is 0.147. The molecule has 1 N–H and O–H groups in total. The first-order valence-electron chi connectivity index (χ1n) is 9.08. The molecule has 9 heteroatoms. The Balaban J connectivity index is 1.71. The Morgan fingerprint density at radius 1 is 1.18 bits per heavy atom. The van der Waals surface area contributed by atoms with Crippen molar-refractivity contribution in [1.29, 1.82) is 0 Å². The van der Waals surface area contributed by atoms with Gasteiger partial charge in [0.15, 0.2) is 0 Å². The molecule has 1 aromatic rings. The summed E-state index contributed by atoms with van der Waals surface area (Å²) in [6.07, 6.45) is 0.166. The average molecular weight is 388 g/mol. The Morgan fingerprint density at radius 3 is 2.54 bits per heavy atom. The number of carbonyl (C=O) groups excluding carboxylic acids is 3. The molecule has 9 nitrogen and oxygen atoms in total. The topological polar surface area (TPSA) is 101 Å². The summed E-state index contributed by atoms with van der Waals surface area (Å²) in [4.78, 5) is 39.9. The van der Waals surface area contributed by atoms with Gasteiger partial charge in [0, 0.05) is 39.6 Å². The van der Waals surface area contributed by atoms with Crippen LogP contribution >= 0.6 is 0 Å². The summed E-state index contributed by atoms with van der Waals surface area (Å²) >= 11 is 0. The minimum atomic E-state index is -0.346. The summed E-state index contributed by atoms with van der Waals surface area (Å²) in [6, 6.07) is 7.50. The highest BCUT2D eigenvalue weighted by Crippen LogP contribution is 2.16. The molecule has 1 aromatic carbocycles. The summed E-state index contributed by atoms with van der Waals surface area (Å²) in [6.45, 7) is 1.03. The van der Waals surface area contributed by atoms with E-state index in [0.29, 0.717) is 13.1 Å². The van der Waals surface area contributed by atoms with E-state index in [4.69, 9.17) is 9.47 Å². The van der Waals surface area contributed by atoms with Crippen molar-refractivity contribution < 1.29 is 23.9 Å². The number of rotatable bonds is 5. The Bertz CT molecular complexity index is 777. The zero-order chi connectivity index (χ0) is 20.1. The van der Waals surface area contributed by atoms with Gasteiger partial charge in [0.2, 0.25) is 11.8 Å². The fourth-order valence-corrected chi connectivity index (χ4v) is 3.20. The van der Waals surface area contributed by atoms with Crippen LogP contribution in [0.25, 0.3) is 0 Å². The number of carbonyl (C=O) groups is 3. The van der Waals surface area contributed by atoms with Gasteiger partial charge in [-0.1, -0.05) is 12.1 Å². The SMILES string of the molecule is COc1ccc(CN2C[C@@H](OC)CN(C(=O)C3=NNC(=O)CC3)CC2=O)cc1. The molecule has 2 heterocycles. The molecule has 1 fully saturated rings. The second-order valence-corrected chi connectivity index (χ2v) is 6.76. The minimum absolute atomic E-state index is 0.0538. The highest BCUT2D eigenvalue weighted by molar-refractivity contribution is 6.39. The third kappa shape index (κ3) is 4.66. The summed E-state index contributed by atoms with van der Waals surface area (Å²) < 4.78 is 10.6. The maximum Gasteiger partial charge on any atom is 0.270 e. The Labute approximate surface area is 163 Å². The molecule has 0 unspecified atom stereocenters. The normalized spacial score (nSPS) is 20.4. The second-order valence-electron chi connectivity index (χ2n) is 6.76. The molecule has 28 heavy (non-hydrogen) atoms. The zero-order valence-corrected chi connectivity index (χ0v) is 16.0. The van der Waals surface area contributed by atoms with Gasteiger partial charge in [-0.15, -0.1) is 0 Å². The molecular weight excluding hydrogens is 364 g/mol. The van der Waals surface area contributed by atoms with Crippen LogP contribution in [0.15, 0.2) is 29.4 Å². The first-order valence-corrected chi connectivity index (χ1v) is 9.08. The van der Waals surface area contributed by atoms with Gasteiger partial charge in [-0.25, -0.2) is 5.43 Å². The Morgan fingerprint density at radius 2 is 1.93 bits per heavy atom. The van der Waals surface area contributed by atoms with Crippen molar-refractivity contribution in [2.45, 2.75) is 25.5 Å². The van der Waals surface area contributed by atoms with Gasteiger partial charge < -0.3 is 19.3 Å². The van der Waals surface area contributed by atoms with Crippen LogP contribution in [0.1, 0.15) is 18.4 Å². The van der Waals surface area contributed by atoms with Gasteiger partial charge in [0.05, 0.1) is 13.2 Å². The number of methoxy groups -OCH3 is 2. The van der Waals surface area contributed by atoms with Crippen molar-refractivity contribution in [3.05, 3.63) is 29.8 Å². The van der Waals surface area contributed by atoms with E-state index < -0.39 is 0 Å². The van der Waals surface area contributed by atoms with Gasteiger partial charge in [-0.2, -0.15) is 5.10 Å². The third-order valence-electron chi connectivity index (χ3n) is 4.83. The molecule has 0 aliphatic carbocycles. The maximum atomic E-state index is 12.8. The molecule has 2 aliphatic heterocycles. The van der Waals surface area contributed by atoms with Gasteiger partial charge in [0.1, 0.15) is 18.0 Å². The fraction of sp³-hybridized carbons (Fsp3) is 0.474. The maximum absolute atomic E-state index is 12.8. The largest absolute Gasteiger partial charge is 0.497 e. The van der Waals surface area contributed by atoms with E-state index in [-0.39, 0.29) is 55.5 Å². The molecule has 0 radical (unpaired) electrons. The van der Waals surface area contributed by atoms with Gasteiger partial charge in [-0.05, 0) is 17.7 Å². The van der Waals surface area contributed by atoms with Crippen molar-refractivity contribution >= 4 is 23.4 Å². The lowest BCUT2D eigenvalue weighted by molar-refractivity contribution is -0.136. The van der Waals surface area contributed by atoms with Gasteiger partial charge >= 0.3 is 0 Å². The van der Waals surface area contributed by atoms with Crippen LogP contribution in [0.2, 0.25) is 0 Å². The van der Waals surface area contributed by atoms with Crippen molar-refractivity contribution in [3.8, 4) is 5.75 Å². The number of hydrogen-bond donors (Lipinski definition) is 1. The Kier molecular flexibility index (Phi) is 6.25. The van der Waals surface area contributed by atoms with E-state index in [0.717, 1.165) is 11.3 Å². The van der Waals surface area contributed by atoms with Crippen LogP contribution in [0.4, 0.5) is 0 Å². The standard InChI is InChI=1S/C19H24N4O5/c1-27-14-5-3-13(4-6-14)9-22-10-15(28-2)11-23(12-18(22)25)19(26)16-7-8-17(24)21-20-16/h3-6,15H,7-12H2,1-2H3,(H,21,24)/t15-/m1/s1. The lowest BCUT2D eigenvalue weighted by Gasteiger charge is -2.24. The summed E-state index contributed by atoms with van der Waals surface area (Å²) in [7, 11) is 3.16. The predicted molar refractivity (Wildman–Crippen MR) is 101 cm³/mol. The minimum Gasteiger partial charge on any atom is -0.497 e. The molecule has 1 saturated heterocycles. The number of benzene rings is 1. The molecule has 0 bridgehead atoms. The molecule has 2 aliphatic rings. The lowest BCUT2D eigenvalue weighted by Crippen LogP contribution is -2.45. The highest BCUT2D eigenvalue weighted by Gasteiger charge is 2.33. The van der Waals surface area contributed by atoms with E-state index in [1.807, 2.05) is 24.3 Å². The molecule has 0 aromatic heterocycles. The molecule has 150 valence electrons. The van der Waals surface area contributed by atoms with Crippen molar-refractivity contribution in [3.63, 3.8) is 0 Å². The van der Waals surface area contributed by atoms with Crippen molar-refractivity contribution in [2.24, 2.45) is 5.10 Å². The zero-order valence-electron chi connectivity index (χ0n) is 16.0. The van der Waals surface area contributed by atoms with E-state index in [1.54, 1.807) is 19.1 Å². The van der Waals surface area contributed by atoms with Crippen LogP contribution in [-0.4, -0.2) is 73.2 Å². The summed E-state index contributed by atoms with van der Waals surface area (Å²) in [5.74, 6) is 0.0209. The van der Waals surface area contributed by atoms with Gasteiger partial charge in [0.25, 0.3) is 5.91 Å². The fourth-order valence-electron chi connectivity index (χ4n) is 3.20. The van der Waals surface area contributed by atoms with Crippen LogP contribution < -0.4 is 10.2 Å². The molecule has 3 amide bonds. The lowest BCUT2D eigenvalue weighted by atomic mass is 10.1. The van der Waals surface area contributed by atoms with Gasteiger partial charge in [-0.3, -0.25) is 14.4 Å². The van der Waals surface area contributed by atoms with Crippen molar-refractivity contribution in [1.82, 2.24) is 15.2 Å². The smallest absolute Gasteiger partial charge is 0.270 e. The van der Waals surface area contributed by atoms with E-state index >= 15 is 0 Å². The number of nitrogens with zero attached hydrogens (tertiary/aromatic N) is 3. The number of ether oxygens (including phenoxy) is 2. The Hall–Kier alpha value is -2.94. The van der Waals surface area contributed by atoms with E-state index in [9.17, 15) is 14.4 Å². The quantitative estimate of drug-likeness (QED) is 0.774. The number of hydrogen-bond acceptors (Lipinski definition) is 6. The van der Waals surface area contributed by atoms with E-state index in [1.165, 1.54) is 4.90 Å². The van der Waals surface area contributed by atoms with Crippen LogP contribution in [0.5, 0.6) is 5.75 Å². The number of amides is 3. The first-order chi connectivity index (χ1) is 13.5. The monoisotopic (exact) mass is 388 g/mol. The van der Waals surface area contributed by atoms with Crippen molar-refractivity contribution in [2.75, 3.05) is 33.9 Å². The summed E-state index contributed by atoms with van der Waals surface area (Å²) in [5, 5.41) is 3.84. The molecule has 0 spiro atoms.